The molecule has 22 heavy (non-hydrogen) atoms. The van der Waals surface area contributed by atoms with Gasteiger partial charge in [-0.15, -0.1) is 0 Å². The molecule has 0 radical (unpaired) electrons. The summed E-state index contributed by atoms with van der Waals surface area (Å²) in [4.78, 5) is 24.6. The summed E-state index contributed by atoms with van der Waals surface area (Å²) in [5, 5.41) is 9.83. The van der Waals surface area contributed by atoms with Crippen molar-refractivity contribution in [2.24, 2.45) is 0 Å². The summed E-state index contributed by atoms with van der Waals surface area (Å²) in [6.45, 7) is 0. The third-order valence-electron chi connectivity index (χ3n) is 3.04. The molecule has 5 nitrogen and oxygen atoms in total. The van der Waals surface area contributed by atoms with Gasteiger partial charge in [0.2, 0.25) is 5.43 Å². The summed E-state index contributed by atoms with van der Waals surface area (Å²) in [7, 11) is 0. The largest absolute Gasteiger partial charge is 0.320 e. The molecule has 1 amide bonds. The average molecular weight is 334 g/mol. The van der Waals surface area contributed by atoms with E-state index in [4.69, 9.17) is 23.2 Å². The molecule has 110 valence electrons. The third-order valence-corrected chi connectivity index (χ3v) is 3.56. The predicted octanol–water partition coefficient (Wildman–Crippen LogP) is 3.48. The molecular weight excluding hydrogens is 325 g/mol. The number of nitrogens with zero attached hydrogens (tertiary/aromatic N) is 1. The normalized spacial score (nSPS) is 10.6. The van der Waals surface area contributed by atoms with Crippen molar-refractivity contribution >= 4 is 45.7 Å². The van der Waals surface area contributed by atoms with Crippen LogP contribution in [0.25, 0.3) is 10.9 Å². The molecule has 0 atom stereocenters. The Hall–Kier alpha value is -2.37. The average Bonchev–Trinajstić information content (AvgIpc) is 2.49. The van der Waals surface area contributed by atoms with Gasteiger partial charge in [-0.05, 0) is 24.3 Å². The van der Waals surface area contributed by atoms with Gasteiger partial charge in [-0.3, -0.25) is 14.7 Å². The highest BCUT2D eigenvalue weighted by Crippen LogP contribution is 2.24. The van der Waals surface area contributed by atoms with Gasteiger partial charge in [0.1, 0.15) is 0 Å². The topological polar surface area (TPSA) is 74.8 Å². The number of H-pyrrole nitrogens is 1. The minimum Gasteiger partial charge on any atom is -0.320 e. The molecule has 0 fully saturated rings. The molecular formula is C15H9Cl2N3O2. The smallest absolute Gasteiger partial charge is 0.280 e. The second-order valence-corrected chi connectivity index (χ2v) is 5.38. The SMILES string of the molecule is O=C(Nc1ccccc1)c1n[nH]c2c(Cl)cc(Cl)cc2c1=O. The van der Waals surface area contributed by atoms with Crippen LogP contribution in [-0.2, 0) is 0 Å². The predicted molar refractivity (Wildman–Crippen MR) is 86.8 cm³/mol. The molecule has 2 N–H and O–H groups in total. The van der Waals surface area contributed by atoms with E-state index in [9.17, 15) is 9.59 Å². The monoisotopic (exact) mass is 333 g/mol. The summed E-state index contributed by atoms with van der Waals surface area (Å²) < 4.78 is 0. The lowest BCUT2D eigenvalue weighted by molar-refractivity contribution is 0.102. The first-order valence-electron chi connectivity index (χ1n) is 6.30. The van der Waals surface area contributed by atoms with Crippen molar-refractivity contribution < 1.29 is 4.79 Å². The molecule has 7 heteroatoms. The maximum atomic E-state index is 12.4. The molecule has 0 spiro atoms. The molecule has 1 aromatic heterocycles. The molecule has 3 rings (SSSR count). The van der Waals surface area contributed by atoms with Crippen molar-refractivity contribution in [3.05, 3.63) is 68.4 Å². The fourth-order valence-corrected chi connectivity index (χ4v) is 2.56. The molecule has 1 heterocycles. The second kappa shape index (κ2) is 5.79. The second-order valence-electron chi connectivity index (χ2n) is 4.53. The van der Waals surface area contributed by atoms with Gasteiger partial charge >= 0.3 is 0 Å². The molecule has 0 aliphatic heterocycles. The van der Waals surface area contributed by atoms with Crippen molar-refractivity contribution in [2.45, 2.75) is 0 Å². The fourth-order valence-electron chi connectivity index (χ4n) is 2.02. The van der Waals surface area contributed by atoms with E-state index < -0.39 is 11.3 Å². The first-order valence-corrected chi connectivity index (χ1v) is 7.05. The van der Waals surface area contributed by atoms with Crippen LogP contribution in [0.1, 0.15) is 10.5 Å². The van der Waals surface area contributed by atoms with Crippen LogP contribution in [0.4, 0.5) is 5.69 Å². The molecule has 3 aromatic rings. The number of hydrogen-bond acceptors (Lipinski definition) is 3. The van der Waals surface area contributed by atoms with Crippen molar-refractivity contribution in [2.75, 3.05) is 5.32 Å². The van der Waals surface area contributed by atoms with Crippen LogP contribution < -0.4 is 10.7 Å². The number of carbonyl (C=O) groups is 1. The highest BCUT2D eigenvalue weighted by Gasteiger charge is 2.16. The van der Waals surface area contributed by atoms with Crippen LogP contribution in [0.2, 0.25) is 10.0 Å². The van der Waals surface area contributed by atoms with Crippen LogP contribution in [0.5, 0.6) is 0 Å². The van der Waals surface area contributed by atoms with Gasteiger partial charge in [0.25, 0.3) is 5.91 Å². The number of anilines is 1. The van der Waals surface area contributed by atoms with Crippen LogP contribution in [0.15, 0.2) is 47.3 Å². The Morgan fingerprint density at radius 1 is 1.14 bits per heavy atom. The Morgan fingerprint density at radius 3 is 2.59 bits per heavy atom. The van der Waals surface area contributed by atoms with E-state index in [1.54, 1.807) is 24.3 Å². The van der Waals surface area contributed by atoms with Crippen molar-refractivity contribution in [3.63, 3.8) is 0 Å². The minimum atomic E-state index is -0.606. The van der Waals surface area contributed by atoms with Crippen LogP contribution in [0, 0.1) is 0 Å². The van der Waals surface area contributed by atoms with E-state index in [0.717, 1.165) is 0 Å². The number of para-hydroxylation sites is 1. The first-order chi connectivity index (χ1) is 10.6. The zero-order chi connectivity index (χ0) is 15.7. The lowest BCUT2D eigenvalue weighted by Gasteiger charge is -2.06. The Labute approximate surface area is 134 Å². The Morgan fingerprint density at radius 2 is 1.86 bits per heavy atom. The number of amides is 1. The van der Waals surface area contributed by atoms with E-state index in [2.05, 4.69) is 15.5 Å². The van der Waals surface area contributed by atoms with Gasteiger partial charge in [-0.2, -0.15) is 5.10 Å². The highest BCUT2D eigenvalue weighted by molar-refractivity contribution is 6.38. The fraction of sp³-hybridized carbons (Fsp3) is 0. The van der Waals surface area contributed by atoms with Crippen molar-refractivity contribution in [3.8, 4) is 0 Å². The third kappa shape index (κ3) is 2.68. The lowest BCUT2D eigenvalue weighted by atomic mass is 10.2. The zero-order valence-corrected chi connectivity index (χ0v) is 12.6. The number of benzene rings is 2. The highest BCUT2D eigenvalue weighted by atomic mass is 35.5. The van der Waals surface area contributed by atoms with Crippen molar-refractivity contribution in [1.82, 2.24) is 10.2 Å². The maximum absolute atomic E-state index is 12.4. The first kappa shape index (κ1) is 14.6. The van der Waals surface area contributed by atoms with Crippen LogP contribution in [-0.4, -0.2) is 16.1 Å². The molecule has 0 saturated heterocycles. The maximum Gasteiger partial charge on any atom is 0.280 e. The summed E-state index contributed by atoms with van der Waals surface area (Å²) in [6.07, 6.45) is 0. The van der Waals surface area contributed by atoms with E-state index in [0.29, 0.717) is 16.2 Å². The Kier molecular flexibility index (Phi) is 3.83. The van der Waals surface area contributed by atoms with Gasteiger partial charge in [0.05, 0.1) is 15.9 Å². The molecule has 0 aliphatic carbocycles. The van der Waals surface area contributed by atoms with Gasteiger partial charge in [0, 0.05) is 10.7 Å². The standard InChI is InChI=1S/C15H9Cl2N3O2/c16-8-6-10-12(11(17)7-8)19-20-13(14(10)21)15(22)18-9-4-2-1-3-5-9/h1-7H,(H,18,22)(H,19,21). The summed E-state index contributed by atoms with van der Waals surface area (Å²) in [6, 6.07) is 11.7. The number of hydrogen-bond donors (Lipinski definition) is 2. The number of carbonyl (C=O) groups excluding carboxylic acids is 1. The summed E-state index contributed by atoms with van der Waals surface area (Å²) >= 11 is 11.9. The zero-order valence-electron chi connectivity index (χ0n) is 11.1. The Balaban J connectivity index is 2.06. The number of rotatable bonds is 2. The number of fused-ring (bicyclic) bond motifs is 1. The van der Waals surface area contributed by atoms with Gasteiger partial charge in [-0.25, -0.2) is 0 Å². The lowest BCUT2D eigenvalue weighted by Crippen LogP contribution is -2.24. The van der Waals surface area contributed by atoms with Gasteiger partial charge in [-0.1, -0.05) is 41.4 Å². The summed E-state index contributed by atoms with van der Waals surface area (Å²) in [5.41, 5.74) is 0.117. The number of halogens is 2. The molecule has 0 bridgehead atoms. The van der Waals surface area contributed by atoms with E-state index >= 15 is 0 Å². The van der Waals surface area contributed by atoms with Crippen LogP contribution in [0.3, 0.4) is 0 Å². The van der Waals surface area contributed by atoms with Crippen molar-refractivity contribution in [1.29, 1.82) is 0 Å². The molecule has 0 unspecified atom stereocenters. The summed E-state index contributed by atoms with van der Waals surface area (Å²) in [5.74, 6) is -0.606. The van der Waals surface area contributed by atoms with E-state index in [1.165, 1.54) is 12.1 Å². The minimum absolute atomic E-state index is 0.214. The molecule has 2 aromatic carbocycles. The number of aromatic amines is 1. The Bertz CT molecular complexity index is 923. The van der Waals surface area contributed by atoms with Gasteiger partial charge < -0.3 is 5.32 Å². The van der Waals surface area contributed by atoms with E-state index in [1.807, 2.05) is 6.07 Å². The molecule has 0 aliphatic rings. The number of aromatic nitrogens is 2. The molecule has 0 saturated carbocycles. The van der Waals surface area contributed by atoms with E-state index in [-0.39, 0.29) is 16.1 Å². The number of nitrogens with one attached hydrogen (secondary N) is 2. The van der Waals surface area contributed by atoms with Crippen LogP contribution >= 0.6 is 23.2 Å². The van der Waals surface area contributed by atoms with Gasteiger partial charge in [0.15, 0.2) is 5.69 Å². The quantitative estimate of drug-likeness (QED) is 0.753.